The molecular formula is C25H28N6O3. The van der Waals surface area contributed by atoms with E-state index in [1.165, 1.54) is 12.4 Å². The maximum absolute atomic E-state index is 9.92. The molecule has 1 aromatic carbocycles. The quantitative estimate of drug-likeness (QED) is 0.569. The van der Waals surface area contributed by atoms with E-state index in [2.05, 4.69) is 34.8 Å². The summed E-state index contributed by atoms with van der Waals surface area (Å²) in [5.41, 5.74) is 7.67. The highest BCUT2D eigenvalue weighted by Gasteiger charge is 2.28. The lowest BCUT2D eigenvalue weighted by Crippen LogP contribution is -2.48. The summed E-state index contributed by atoms with van der Waals surface area (Å²) < 4.78 is 12.1. The Kier molecular flexibility index (Phi) is 6.75. The van der Waals surface area contributed by atoms with Crippen LogP contribution in [0.15, 0.2) is 42.7 Å². The van der Waals surface area contributed by atoms with Crippen molar-refractivity contribution in [1.29, 1.82) is 5.26 Å². The minimum atomic E-state index is -0.825. The molecule has 3 heterocycles. The minimum Gasteiger partial charge on any atom is -0.456 e. The summed E-state index contributed by atoms with van der Waals surface area (Å²) in [5.74, 6) is 2.26. The predicted octanol–water partition coefficient (Wildman–Crippen LogP) is 3.12. The first kappa shape index (κ1) is 23.6. The van der Waals surface area contributed by atoms with Gasteiger partial charge in [0.05, 0.1) is 35.5 Å². The van der Waals surface area contributed by atoms with Crippen LogP contribution in [0.4, 0.5) is 5.82 Å². The van der Waals surface area contributed by atoms with Crippen LogP contribution in [0.3, 0.4) is 0 Å². The molecule has 1 aliphatic rings. The van der Waals surface area contributed by atoms with Gasteiger partial charge in [-0.15, -0.1) is 0 Å². The van der Waals surface area contributed by atoms with E-state index in [4.69, 9.17) is 20.2 Å². The van der Waals surface area contributed by atoms with E-state index in [-0.39, 0.29) is 12.1 Å². The van der Waals surface area contributed by atoms with Gasteiger partial charge in [-0.3, -0.25) is 0 Å². The zero-order chi connectivity index (χ0) is 24.3. The molecule has 0 bridgehead atoms. The van der Waals surface area contributed by atoms with Gasteiger partial charge in [0.2, 0.25) is 0 Å². The Labute approximate surface area is 198 Å². The first-order chi connectivity index (χ1) is 16.3. The number of nitriles is 1. The van der Waals surface area contributed by atoms with Gasteiger partial charge < -0.3 is 25.2 Å². The highest BCUT2D eigenvalue weighted by atomic mass is 16.5. The number of aliphatic hydroxyl groups excluding tert-OH is 1. The van der Waals surface area contributed by atoms with E-state index in [1.54, 1.807) is 18.2 Å². The Bertz CT molecular complexity index is 1210. The second kappa shape index (κ2) is 9.73. The predicted molar refractivity (Wildman–Crippen MR) is 127 cm³/mol. The lowest BCUT2D eigenvalue weighted by atomic mass is 10.1. The molecule has 9 nitrogen and oxygen atoms in total. The Morgan fingerprint density at radius 2 is 2.03 bits per heavy atom. The smallest absolute Gasteiger partial charge is 0.162 e. The zero-order valence-corrected chi connectivity index (χ0v) is 19.5. The number of rotatable bonds is 6. The molecule has 34 heavy (non-hydrogen) atoms. The van der Waals surface area contributed by atoms with E-state index in [9.17, 15) is 10.4 Å². The van der Waals surface area contributed by atoms with Crippen LogP contribution >= 0.6 is 0 Å². The van der Waals surface area contributed by atoms with Crippen LogP contribution in [-0.2, 0) is 4.74 Å². The third-order valence-corrected chi connectivity index (χ3v) is 5.52. The molecule has 176 valence electrons. The number of ether oxygens (including phenoxy) is 2. The number of nitrogens with zero attached hydrogens (tertiary/aromatic N) is 5. The van der Waals surface area contributed by atoms with Gasteiger partial charge in [-0.1, -0.05) is 0 Å². The topological polar surface area (TPSA) is 130 Å². The first-order valence-electron chi connectivity index (χ1n) is 11.1. The molecule has 4 rings (SSSR count). The van der Waals surface area contributed by atoms with E-state index >= 15 is 0 Å². The van der Waals surface area contributed by atoms with Crippen LogP contribution in [0.5, 0.6) is 11.5 Å². The molecule has 1 saturated heterocycles. The molecule has 0 spiro atoms. The van der Waals surface area contributed by atoms with Crippen molar-refractivity contribution in [1.82, 2.24) is 15.0 Å². The molecule has 1 aliphatic heterocycles. The summed E-state index contributed by atoms with van der Waals surface area (Å²) in [6.07, 6.45) is 2.25. The lowest BCUT2D eigenvalue weighted by Gasteiger charge is -2.39. The number of aryl methyl sites for hydroxylation is 1. The fourth-order valence-electron chi connectivity index (χ4n) is 3.83. The number of aromatic nitrogens is 3. The minimum absolute atomic E-state index is 0.0813. The van der Waals surface area contributed by atoms with Crippen molar-refractivity contribution < 1.29 is 14.6 Å². The highest BCUT2D eigenvalue weighted by molar-refractivity contribution is 5.66. The average Bonchev–Trinajstić information content (AvgIpc) is 2.82. The van der Waals surface area contributed by atoms with E-state index in [0.717, 1.165) is 18.1 Å². The molecule has 9 heteroatoms. The van der Waals surface area contributed by atoms with Gasteiger partial charge in [-0.2, -0.15) is 5.26 Å². The molecular weight excluding hydrogens is 432 g/mol. The molecule has 0 amide bonds. The highest BCUT2D eigenvalue weighted by Crippen LogP contribution is 2.34. The fourth-order valence-corrected chi connectivity index (χ4v) is 3.83. The number of benzene rings is 1. The normalized spacial score (nSPS) is 16.1. The number of aliphatic hydroxyl groups is 1. The average molecular weight is 461 g/mol. The summed E-state index contributed by atoms with van der Waals surface area (Å²) in [5, 5.41) is 19.3. The van der Waals surface area contributed by atoms with E-state index < -0.39 is 6.10 Å². The molecule has 3 N–H and O–H groups in total. The van der Waals surface area contributed by atoms with E-state index in [0.29, 0.717) is 47.2 Å². The van der Waals surface area contributed by atoms with Gasteiger partial charge in [0, 0.05) is 55.4 Å². The SMILES string of the molecule is Cc1cc(Oc2cc(C#N)ccc2-c2ncc(C(O)CN)cn2)cc(N2CCOC(C)(C)C2)n1. The molecule has 1 atom stereocenters. The van der Waals surface area contributed by atoms with Crippen molar-refractivity contribution in [3.63, 3.8) is 0 Å². The molecule has 1 unspecified atom stereocenters. The second-order valence-corrected chi connectivity index (χ2v) is 8.85. The van der Waals surface area contributed by atoms with Gasteiger partial charge in [0.25, 0.3) is 0 Å². The molecule has 3 aromatic rings. The Morgan fingerprint density at radius 1 is 1.26 bits per heavy atom. The van der Waals surface area contributed by atoms with Crippen molar-refractivity contribution in [3.8, 4) is 29.0 Å². The first-order valence-corrected chi connectivity index (χ1v) is 11.1. The van der Waals surface area contributed by atoms with Gasteiger partial charge >= 0.3 is 0 Å². The molecule has 2 aromatic heterocycles. The summed E-state index contributed by atoms with van der Waals surface area (Å²) in [7, 11) is 0. The van der Waals surface area contributed by atoms with Crippen LogP contribution in [0.2, 0.25) is 0 Å². The summed E-state index contributed by atoms with van der Waals surface area (Å²) in [6, 6.07) is 11.0. The molecule has 0 saturated carbocycles. The van der Waals surface area contributed by atoms with Crippen molar-refractivity contribution in [3.05, 3.63) is 59.5 Å². The van der Waals surface area contributed by atoms with Crippen molar-refractivity contribution >= 4 is 5.82 Å². The monoisotopic (exact) mass is 460 g/mol. The number of pyridine rings is 1. The molecule has 0 aliphatic carbocycles. The maximum atomic E-state index is 9.92. The maximum Gasteiger partial charge on any atom is 0.162 e. The Hall–Kier alpha value is -3.58. The number of hydrogen-bond donors (Lipinski definition) is 2. The Balaban J connectivity index is 1.67. The van der Waals surface area contributed by atoms with Crippen LogP contribution < -0.4 is 15.4 Å². The summed E-state index contributed by atoms with van der Waals surface area (Å²) in [6.45, 7) is 8.19. The van der Waals surface area contributed by atoms with Gasteiger partial charge in [0.15, 0.2) is 5.82 Å². The van der Waals surface area contributed by atoms with Crippen molar-refractivity contribution in [2.24, 2.45) is 5.73 Å². The van der Waals surface area contributed by atoms with Crippen LogP contribution in [0.1, 0.15) is 36.8 Å². The van der Waals surface area contributed by atoms with Crippen molar-refractivity contribution in [2.45, 2.75) is 32.5 Å². The molecule has 1 fully saturated rings. The van der Waals surface area contributed by atoms with Crippen LogP contribution in [0, 0.1) is 18.3 Å². The summed E-state index contributed by atoms with van der Waals surface area (Å²) >= 11 is 0. The zero-order valence-electron chi connectivity index (χ0n) is 19.5. The third kappa shape index (κ3) is 5.31. The van der Waals surface area contributed by atoms with E-state index in [1.807, 2.05) is 19.1 Å². The van der Waals surface area contributed by atoms with Gasteiger partial charge in [-0.05, 0) is 39.0 Å². The largest absolute Gasteiger partial charge is 0.456 e. The molecule has 0 radical (unpaired) electrons. The van der Waals surface area contributed by atoms with Crippen LogP contribution in [0.25, 0.3) is 11.4 Å². The second-order valence-electron chi connectivity index (χ2n) is 8.85. The Morgan fingerprint density at radius 3 is 2.71 bits per heavy atom. The third-order valence-electron chi connectivity index (χ3n) is 5.52. The standard InChI is InChI=1S/C25H28N6O3/c1-16-8-19(10-23(30-16)31-6-7-33-25(2,3)15-31)34-22-9-17(11-26)4-5-20(22)24-28-13-18(14-29-24)21(32)12-27/h4-5,8-10,13-14,21,32H,6-7,12,15,27H2,1-3H3. The number of anilines is 1. The van der Waals surface area contributed by atoms with Crippen LogP contribution in [-0.4, -0.2) is 51.9 Å². The number of nitrogens with two attached hydrogens (primary N) is 1. The number of morpholine rings is 1. The van der Waals surface area contributed by atoms with Crippen molar-refractivity contribution in [2.75, 3.05) is 31.1 Å². The summed E-state index contributed by atoms with van der Waals surface area (Å²) in [4.78, 5) is 15.6. The van der Waals surface area contributed by atoms with Gasteiger partial charge in [0.1, 0.15) is 17.3 Å². The lowest BCUT2D eigenvalue weighted by molar-refractivity contribution is -0.0279. The van der Waals surface area contributed by atoms with Gasteiger partial charge in [-0.25, -0.2) is 15.0 Å². The fraction of sp³-hybridized carbons (Fsp3) is 0.360. The number of hydrogen-bond acceptors (Lipinski definition) is 9.